The zero-order chi connectivity index (χ0) is 7.56. The highest BCUT2D eigenvalue weighted by Crippen LogP contribution is 2.16. The van der Waals surface area contributed by atoms with Gasteiger partial charge in [0.05, 0.1) is 0 Å². The van der Waals surface area contributed by atoms with Crippen LogP contribution in [0.5, 0.6) is 0 Å². The van der Waals surface area contributed by atoms with Gasteiger partial charge in [-0.2, -0.15) is 0 Å². The molecule has 1 aliphatic rings. The fourth-order valence-electron chi connectivity index (χ4n) is 1.01. The molecule has 0 saturated carbocycles. The number of carbonyl (C=O) groups excluding carboxylic acids is 1. The van der Waals surface area contributed by atoms with Crippen LogP contribution in [0.1, 0.15) is 19.8 Å². The van der Waals surface area contributed by atoms with Crippen molar-refractivity contribution in [3.63, 3.8) is 0 Å². The van der Waals surface area contributed by atoms with Gasteiger partial charge in [-0.25, -0.2) is 0 Å². The number of hydrogen-bond donors (Lipinski definition) is 1. The minimum Gasteiger partial charge on any atom is -0.461 e. The number of cyclic esters (lactones) is 1. The molecule has 0 amide bonds. The second kappa shape index (κ2) is 3.31. The lowest BCUT2D eigenvalue weighted by Crippen LogP contribution is -2.31. The Balaban J connectivity index is 2.36. The summed E-state index contributed by atoms with van der Waals surface area (Å²) >= 11 is 0. The van der Waals surface area contributed by atoms with E-state index in [1.54, 1.807) is 0 Å². The van der Waals surface area contributed by atoms with Crippen LogP contribution < -0.4 is 5.09 Å². The monoisotopic (exact) mass is 161 g/mol. The third kappa shape index (κ3) is 1.68. The molecule has 0 aromatic carbocycles. The summed E-state index contributed by atoms with van der Waals surface area (Å²) in [5.74, 6) is -0.0721. The molecule has 3 atom stereocenters. The lowest BCUT2D eigenvalue weighted by Gasteiger charge is -2.16. The second-order valence-corrected chi connectivity index (χ2v) is 2.86. The number of rotatable bonds is 2. The first-order valence-electron chi connectivity index (χ1n) is 3.39. The lowest BCUT2D eigenvalue weighted by atomic mass is 10.1. The number of esters is 1. The van der Waals surface area contributed by atoms with Gasteiger partial charge in [-0.15, -0.1) is 0 Å². The van der Waals surface area contributed by atoms with E-state index in [1.165, 1.54) is 0 Å². The largest absolute Gasteiger partial charge is 0.461 e. The summed E-state index contributed by atoms with van der Waals surface area (Å²) in [6, 6.07) is 0.247. The van der Waals surface area contributed by atoms with Crippen LogP contribution >= 0.6 is 9.39 Å². The Morgan fingerprint density at radius 2 is 2.60 bits per heavy atom. The van der Waals surface area contributed by atoms with Crippen LogP contribution in [0.2, 0.25) is 0 Å². The number of nitrogens with one attached hydrogen (secondary N) is 1. The summed E-state index contributed by atoms with van der Waals surface area (Å²) in [6.45, 7) is 2.00. The lowest BCUT2D eigenvalue weighted by molar-refractivity contribution is -0.142. The maximum atomic E-state index is 10.6. The minimum absolute atomic E-state index is 0.0721. The van der Waals surface area contributed by atoms with Crippen LogP contribution in [0, 0.1) is 0 Å². The molecule has 1 rings (SSSR count). The molecule has 0 bridgehead atoms. The van der Waals surface area contributed by atoms with Crippen molar-refractivity contribution in [2.75, 3.05) is 0 Å². The van der Waals surface area contributed by atoms with Crippen molar-refractivity contribution in [3.05, 3.63) is 0 Å². The normalized spacial score (nSPS) is 28.2. The van der Waals surface area contributed by atoms with E-state index in [2.05, 4.69) is 14.5 Å². The molecule has 1 saturated heterocycles. The molecule has 0 spiro atoms. The molecule has 4 heteroatoms. The molecule has 58 valence electrons. The van der Waals surface area contributed by atoms with Crippen molar-refractivity contribution in [3.8, 4) is 0 Å². The van der Waals surface area contributed by atoms with Gasteiger partial charge in [-0.3, -0.25) is 9.88 Å². The van der Waals surface area contributed by atoms with E-state index >= 15 is 0 Å². The SMILES string of the molecule is C[C@H](NP)[C@H]1CCC(=O)O1. The quantitative estimate of drug-likeness (QED) is 0.472. The Labute approximate surface area is 62.8 Å². The highest BCUT2D eigenvalue weighted by atomic mass is 31.0. The Hall–Kier alpha value is -0.140. The summed E-state index contributed by atoms with van der Waals surface area (Å²) in [7, 11) is 2.42. The van der Waals surface area contributed by atoms with Gasteiger partial charge < -0.3 is 4.74 Å². The standard InChI is InChI=1S/C6H12NO2P/c1-4(7-10)5-2-3-6(8)9-5/h4-5,7H,2-3,10H2,1H3/t4-,5+/m0/s1. The topological polar surface area (TPSA) is 38.3 Å². The Bertz CT molecular complexity index is 140. The predicted molar refractivity (Wildman–Crippen MR) is 41.4 cm³/mol. The van der Waals surface area contributed by atoms with Gasteiger partial charge in [0.15, 0.2) is 0 Å². The van der Waals surface area contributed by atoms with Crippen molar-refractivity contribution in [1.29, 1.82) is 0 Å². The van der Waals surface area contributed by atoms with E-state index < -0.39 is 0 Å². The summed E-state index contributed by atoms with van der Waals surface area (Å²) in [5.41, 5.74) is 0. The molecule has 3 nitrogen and oxygen atoms in total. The third-order valence-electron chi connectivity index (χ3n) is 1.74. The molecule has 0 aliphatic carbocycles. The summed E-state index contributed by atoms with van der Waals surface area (Å²) in [4.78, 5) is 10.6. The highest BCUT2D eigenvalue weighted by molar-refractivity contribution is 7.13. The predicted octanol–water partition coefficient (Wildman–Crippen LogP) is 0.460. The van der Waals surface area contributed by atoms with Crippen LogP contribution in [0.25, 0.3) is 0 Å². The van der Waals surface area contributed by atoms with Crippen molar-refractivity contribution < 1.29 is 9.53 Å². The fraction of sp³-hybridized carbons (Fsp3) is 0.833. The molecule has 10 heavy (non-hydrogen) atoms. The van der Waals surface area contributed by atoms with Gasteiger partial charge in [-0.1, -0.05) is 9.39 Å². The summed E-state index contributed by atoms with van der Waals surface area (Å²) < 4.78 is 5.00. The van der Waals surface area contributed by atoms with E-state index in [0.29, 0.717) is 6.42 Å². The van der Waals surface area contributed by atoms with Crippen LogP contribution in [0.4, 0.5) is 0 Å². The van der Waals surface area contributed by atoms with Crippen molar-refractivity contribution >= 4 is 15.4 Å². The van der Waals surface area contributed by atoms with Crippen molar-refractivity contribution in [2.24, 2.45) is 0 Å². The second-order valence-electron chi connectivity index (χ2n) is 2.52. The zero-order valence-corrected chi connectivity index (χ0v) is 7.12. The van der Waals surface area contributed by atoms with Crippen LogP contribution in [-0.2, 0) is 9.53 Å². The maximum absolute atomic E-state index is 10.6. The molecular formula is C6H12NO2P. The van der Waals surface area contributed by atoms with Gasteiger partial charge in [-0.05, 0) is 13.3 Å². The number of carbonyl (C=O) groups is 1. The van der Waals surface area contributed by atoms with Crippen molar-refractivity contribution in [2.45, 2.75) is 31.9 Å². The number of hydrogen-bond acceptors (Lipinski definition) is 3. The van der Waals surface area contributed by atoms with Gasteiger partial charge in [0, 0.05) is 12.5 Å². The highest BCUT2D eigenvalue weighted by Gasteiger charge is 2.27. The first-order chi connectivity index (χ1) is 4.74. The zero-order valence-electron chi connectivity index (χ0n) is 5.96. The first kappa shape index (κ1) is 7.96. The van der Waals surface area contributed by atoms with Gasteiger partial charge in [0.2, 0.25) is 0 Å². The van der Waals surface area contributed by atoms with Gasteiger partial charge >= 0.3 is 5.97 Å². The smallest absolute Gasteiger partial charge is 0.306 e. The minimum atomic E-state index is -0.0721. The molecule has 0 radical (unpaired) electrons. The van der Waals surface area contributed by atoms with E-state index in [9.17, 15) is 4.79 Å². The average Bonchev–Trinajstić information content (AvgIpc) is 2.34. The third-order valence-corrected chi connectivity index (χ3v) is 2.26. The van der Waals surface area contributed by atoms with E-state index in [-0.39, 0.29) is 18.1 Å². The fourth-order valence-corrected chi connectivity index (χ4v) is 1.22. The molecule has 1 aliphatic heterocycles. The van der Waals surface area contributed by atoms with E-state index in [4.69, 9.17) is 4.74 Å². The maximum Gasteiger partial charge on any atom is 0.306 e. The Morgan fingerprint density at radius 3 is 3.00 bits per heavy atom. The molecular weight excluding hydrogens is 149 g/mol. The first-order valence-corrected chi connectivity index (χ1v) is 3.97. The van der Waals surface area contributed by atoms with Crippen molar-refractivity contribution in [1.82, 2.24) is 5.09 Å². The molecule has 0 aromatic rings. The number of ether oxygens (including phenoxy) is 1. The van der Waals surface area contributed by atoms with Crippen LogP contribution in [-0.4, -0.2) is 18.1 Å². The molecule has 1 heterocycles. The molecule has 1 unspecified atom stereocenters. The summed E-state index contributed by atoms with van der Waals surface area (Å²) in [5, 5.41) is 2.97. The average molecular weight is 161 g/mol. The Kier molecular flexibility index (Phi) is 2.64. The summed E-state index contributed by atoms with van der Waals surface area (Å²) in [6.07, 6.45) is 1.49. The van der Waals surface area contributed by atoms with Gasteiger partial charge in [0.1, 0.15) is 6.10 Å². The molecule has 1 N–H and O–H groups in total. The van der Waals surface area contributed by atoms with E-state index in [0.717, 1.165) is 6.42 Å². The van der Waals surface area contributed by atoms with Crippen LogP contribution in [0.3, 0.4) is 0 Å². The molecule has 0 aromatic heterocycles. The molecule has 1 fully saturated rings. The Morgan fingerprint density at radius 1 is 1.90 bits per heavy atom. The van der Waals surface area contributed by atoms with Crippen LogP contribution in [0.15, 0.2) is 0 Å². The van der Waals surface area contributed by atoms with Gasteiger partial charge in [0.25, 0.3) is 0 Å². The van der Waals surface area contributed by atoms with E-state index in [1.807, 2.05) is 6.92 Å².